The summed E-state index contributed by atoms with van der Waals surface area (Å²) in [6, 6.07) is 17.1. The first-order chi connectivity index (χ1) is 17.2. The number of ether oxygens (including phenoxy) is 2. The summed E-state index contributed by atoms with van der Waals surface area (Å²) in [7, 11) is 0. The smallest absolute Gasteiger partial charge is 0.231 e. The number of amides is 1. The standard InChI is InChI=1S/C25H23ClN6O3/c26-19-4-2-1-3-18(19)24-29-28-22-7-8-23(30-32(22)24)31-11-9-17(10-12-31)25(33)27-14-16-5-6-20-21(13-16)35-15-34-20/h1-8,13,17H,9-12,14-15H2,(H,27,33). The molecule has 1 amide bonds. The Balaban J connectivity index is 1.10. The zero-order valence-electron chi connectivity index (χ0n) is 18.9. The number of anilines is 1. The van der Waals surface area contributed by atoms with Crippen LogP contribution in [0.4, 0.5) is 5.82 Å². The number of benzene rings is 2. The van der Waals surface area contributed by atoms with Crippen LogP contribution in [0.15, 0.2) is 54.6 Å². The molecule has 2 aromatic carbocycles. The first kappa shape index (κ1) is 21.7. The highest BCUT2D eigenvalue weighted by molar-refractivity contribution is 6.33. The van der Waals surface area contributed by atoms with Crippen molar-refractivity contribution in [1.29, 1.82) is 0 Å². The Hall–Kier alpha value is -3.85. The maximum atomic E-state index is 12.8. The van der Waals surface area contributed by atoms with Gasteiger partial charge in [0.2, 0.25) is 12.7 Å². The van der Waals surface area contributed by atoms with Crippen molar-refractivity contribution >= 4 is 29.0 Å². The van der Waals surface area contributed by atoms with E-state index in [1.165, 1.54) is 0 Å². The number of piperidine rings is 1. The van der Waals surface area contributed by atoms with Crippen LogP contribution >= 0.6 is 11.6 Å². The minimum absolute atomic E-state index is 0.0300. The van der Waals surface area contributed by atoms with Gasteiger partial charge in [-0.3, -0.25) is 4.79 Å². The van der Waals surface area contributed by atoms with E-state index in [4.69, 9.17) is 26.2 Å². The van der Waals surface area contributed by atoms with Crippen molar-refractivity contribution in [3.63, 3.8) is 0 Å². The fourth-order valence-electron chi connectivity index (χ4n) is 4.51. The molecular weight excluding hydrogens is 468 g/mol. The molecule has 10 heteroatoms. The van der Waals surface area contributed by atoms with Gasteiger partial charge in [-0.05, 0) is 54.8 Å². The number of hydrogen-bond acceptors (Lipinski definition) is 7. The van der Waals surface area contributed by atoms with Crippen LogP contribution in [0.5, 0.6) is 11.5 Å². The Kier molecular flexibility index (Phi) is 5.61. The highest BCUT2D eigenvalue weighted by atomic mass is 35.5. The molecule has 35 heavy (non-hydrogen) atoms. The molecule has 178 valence electrons. The van der Waals surface area contributed by atoms with Crippen LogP contribution in [0.2, 0.25) is 5.02 Å². The van der Waals surface area contributed by atoms with E-state index in [0.29, 0.717) is 23.0 Å². The van der Waals surface area contributed by atoms with Crippen LogP contribution in [0.1, 0.15) is 18.4 Å². The minimum atomic E-state index is -0.0300. The second kappa shape index (κ2) is 9.07. The Labute approximate surface area is 206 Å². The normalized spacial score (nSPS) is 15.5. The molecule has 0 atom stereocenters. The fourth-order valence-corrected chi connectivity index (χ4v) is 4.73. The van der Waals surface area contributed by atoms with Crippen molar-refractivity contribution < 1.29 is 14.3 Å². The number of carbonyl (C=O) groups excluding carboxylic acids is 1. The number of nitrogens with one attached hydrogen (secondary N) is 1. The van der Waals surface area contributed by atoms with Gasteiger partial charge in [-0.2, -0.15) is 4.52 Å². The molecular formula is C25H23ClN6O3. The number of fused-ring (bicyclic) bond motifs is 2. The number of carbonyl (C=O) groups is 1. The zero-order valence-corrected chi connectivity index (χ0v) is 19.6. The molecule has 1 saturated heterocycles. The number of aromatic nitrogens is 4. The van der Waals surface area contributed by atoms with Crippen molar-refractivity contribution in [2.75, 3.05) is 24.8 Å². The quantitative estimate of drug-likeness (QED) is 0.455. The molecule has 0 bridgehead atoms. The molecule has 6 rings (SSSR count). The van der Waals surface area contributed by atoms with Gasteiger partial charge in [0, 0.05) is 31.1 Å². The molecule has 1 N–H and O–H groups in total. The fraction of sp³-hybridized carbons (Fsp3) is 0.280. The number of halogens is 1. The molecule has 0 radical (unpaired) electrons. The summed E-state index contributed by atoms with van der Waals surface area (Å²) >= 11 is 6.37. The molecule has 2 aliphatic rings. The van der Waals surface area contributed by atoms with E-state index in [2.05, 4.69) is 20.4 Å². The van der Waals surface area contributed by atoms with Crippen molar-refractivity contribution in [2.24, 2.45) is 5.92 Å². The average Bonchev–Trinajstić information content (AvgIpc) is 3.54. The number of hydrogen-bond donors (Lipinski definition) is 1. The topological polar surface area (TPSA) is 93.9 Å². The number of rotatable bonds is 5. The molecule has 4 aromatic rings. The Morgan fingerprint density at radius 1 is 1.03 bits per heavy atom. The van der Waals surface area contributed by atoms with E-state index in [1.807, 2.05) is 54.6 Å². The van der Waals surface area contributed by atoms with E-state index in [9.17, 15) is 4.79 Å². The van der Waals surface area contributed by atoms with Crippen LogP contribution in [0, 0.1) is 5.92 Å². The largest absolute Gasteiger partial charge is 0.454 e. The predicted octanol–water partition coefficient (Wildman–Crippen LogP) is 3.71. The Morgan fingerprint density at radius 3 is 2.71 bits per heavy atom. The summed E-state index contributed by atoms with van der Waals surface area (Å²) in [4.78, 5) is 15.0. The summed E-state index contributed by atoms with van der Waals surface area (Å²) < 4.78 is 12.5. The van der Waals surface area contributed by atoms with Crippen molar-refractivity contribution in [1.82, 2.24) is 25.1 Å². The summed E-state index contributed by atoms with van der Waals surface area (Å²) in [5.41, 5.74) is 2.42. The molecule has 9 nitrogen and oxygen atoms in total. The molecule has 0 saturated carbocycles. The minimum Gasteiger partial charge on any atom is -0.454 e. The van der Waals surface area contributed by atoms with Crippen molar-refractivity contribution in [3.8, 4) is 22.9 Å². The number of nitrogens with zero attached hydrogens (tertiary/aromatic N) is 5. The average molecular weight is 491 g/mol. The van der Waals surface area contributed by atoms with Crippen LogP contribution in [0.25, 0.3) is 17.0 Å². The van der Waals surface area contributed by atoms with E-state index < -0.39 is 0 Å². The second-order valence-electron chi connectivity index (χ2n) is 8.63. The molecule has 4 heterocycles. The van der Waals surface area contributed by atoms with Gasteiger partial charge in [-0.25, -0.2) is 0 Å². The van der Waals surface area contributed by atoms with E-state index in [0.717, 1.165) is 54.4 Å². The van der Waals surface area contributed by atoms with E-state index >= 15 is 0 Å². The summed E-state index contributed by atoms with van der Waals surface area (Å²) in [5.74, 6) is 2.93. The first-order valence-electron chi connectivity index (χ1n) is 11.5. The lowest BCUT2D eigenvalue weighted by Gasteiger charge is -2.32. The lowest BCUT2D eigenvalue weighted by atomic mass is 9.96. The first-order valence-corrected chi connectivity index (χ1v) is 11.9. The Bertz CT molecular complexity index is 1400. The van der Waals surface area contributed by atoms with Gasteiger partial charge in [0.15, 0.2) is 23.0 Å². The molecule has 0 unspecified atom stereocenters. The van der Waals surface area contributed by atoms with Crippen LogP contribution in [0.3, 0.4) is 0 Å². The molecule has 0 aliphatic carbocycles. The van der Waals surface area contributed by atoms with Gasteiger partial charge < -0.3 is 19.7 Å². The molecule has 0 spiro atoms. The van der Waals surface area contributed by atoms with Crippen LogP contribution < -0.4 is 19.7 Å². The summed E-state index contributed by atoms with van der Waals surface area (Å²) in [5, 5.41) is 17.0. The third-order valence-electron chi connectivity index (χ3n) is 6.46. The molecule has 2 aliphatic heterocycles. The summed E-state index contributed by atoms with van der Waals surface area (Å²) in [6.07, 6.45) is 1.51. The van der Waals surface area contributed by atoms with Crippen LogP contribution in [-0.2, 0) is 11.3 Å². The predicted molar refractivity (Wildman–Crippen MR) is 131 cm³/mol. The SMILES string of the molecule is O=C(NCc1ccc2c(c1)OCO2)C1CCN(c2ccc3nnc(-c4ccccc4Cl)n3n2)CC1. The van der Waals surface area contributed by atoms with Gasteiger partial charge in [0.05, 0.1) is 5.02 Å². The third kappa shape index (κ3) is 4.23. The van der Waals surface area contributed by atoms with Gasteiger partial charge >= 0.3 is 0 Å². The highest BCUT2D eigenvalue weighted by Gasteiger charge is 2.26. The summed E-state index contributed by atoms with van der Waals surface area (Å²) in [6.45, 7) is 2.19. The zero-order chi connectivity index (χ0) is 23.8. The molecule has 1 fully saturated rings. The second-order valence-corrected chi connectivity index (χ2v) is 9.04. The van der Waals surface area contributed by atoms with Gasteiger partial charge in [-0.15, -0.1) is 15.3 Å². The lowest BCUT2D eigenvalue weighted by Crippen LogP contribution is -2.40. The molecule has 2 aromatic heterocycles. The van der Waals surface area contributed by atoms with Crippen LogP contribution in [-0.4, -0.2) is 45.6 Å². The van der Waals surface area contributed by atoms with Gasteiger partial charge in [-0.1, -0.05) is 29.8 Å². The van der Waals surface area contributed by atoms with Gasteiger partial charge in [0.1, 0.15) is 5.82 Å². The third-order valence-corrected chi connectivity index (χ3v) is 6.79. The van der Waals surface area contributed by atoms with E-state index in [-0.39, 0.29) is 18.6 Å². The maximum Gasteiger partial charge on any atom is 0.231 e. The maximum absolute atomic E-state index is 12.8. The van der Waals surface area contributed by atoms with Crippen molar-refractivity contribution in [2.45, 2.75) is 19.4 Å². The van der Waals surface area contributed by atoms with Gasteiger partial charge in [0.25, 0.3) is 0 Å². The Morgan fingerprint density at radius 2 is 1.86 bits per heavy atom. The lowest BCUT2D eigenvalue weighted by molar-refractivity contribution is -0.125. The monoisotopic (exact) mass is 490 g/mol. The van der Waals surface area contributed by atoms with Crippen molar-refractivity contribution in [3.05, 3.63) is 65.2 Å². The highest BCUT2D eigenvalue weighted by Crippen LogP contribution is 2.32. The van der Waals surface area contributed by atoms with E-state index in [1.54, 1.807) is 4.52 Å².